The van der Waals surface area contributed by atoms with Crippen LogP contribution < -0.4 is 10.5 Å². The topological polar surface area (TPSA) is 67.9 Å². The van der Waals surface area contributed by atoms with Crippen molar-refractivity contribution in [1.82, 2.24) is 4.90 Å². The Morgan fingerprint density at radius 1 is 1.00 bits per heavy atom. The molecule has 2 heterocycles. The number of guanidine groups is 1. The van der Waals surface area contributed by atoms with Crippen molar-refractivity contribution in [1.29, 1.82) is 0 Å². The van der Waals surface area contributed by atoms with Gasteiger partial charge in [0.05, 0.1) is 6.61 Å². The molecule has 0 saturated carbocycles. The van der Waals surface area contributed by atoms with Crippen molar-refractivity contribution in [2.24, 2.45) is 10.7 Å². The smallest absolute Gasteiger partial charge is 0.266 e. The van der Waals surface area contributed by atoms with Gasteiger partial charge in [0.15, 0.2) is 11.5 Å². The summed E-state index contributed by atoms with van der Waals surface area (Å²) in [6.45, 7) is 0.724. The van der Waals surface area contributed by atoms with Gasteiger partial charge in [-0.3, -0.25) is 9.69 Å². The number of likely N-dealkylation sites (N-methyl/N-ethyl adjacent to an activating group) is 1. The van der Waals surface area contributed by atoms with Crippen LogP contribution in [0.25, 0.3) is 11.1 Å². The van der Waals surface area contributed by atoms with E-state index in [0.717, 1.165) is 47.5 Å². The molecule has 3 aromatic rings. The van der Waals surface area contributed by atoms with E-state index in [4.69, 9.17) is 10.5 Å². The number of nitrogens with zero attached hydrogens (tertiary/aromatic N) is 2. The first kappa shape index (κ1) is 18.4. The lowest BCUT2D eigenvalue weighted by molar-refractivity contribution is -0.129. The van der Waals surface area contributed by atoms with E-state index in [9.17, 15) is 4.79 Å². The van der Waals surface area contributed by atoms with Crippen LogP contribution in [0.2, 0.25) is 0 Å². The number of benzene rings is 3. The van der Waals surface area contributed by atoms with Crippen LogP contribution in [0.3, 0.4) is 0 Å². The molecule has 5 rings (SSSR count). The number of nitrogens with two attached hydrogens (primary N) is 1. The summed E-state index contributed by atoms with van der Waals surface area (Å²) in [6.07, 6.45) is 2.05. The molecule has 1 unspecified atom stereocenters. The summed E-state index contributed by atoms with van der Waals surface area (Å²) in [5, 5.41) is 0. The van der Waals surface area contributed by atoms with E-state index >= 15 is 0 Å². The van der Waals surface area contributed by atoms with E-state index in [1.807, 2.05) is 54.6 Å². The lowest BCUT2D eigenvalue weighted by atomic mass is 9.81. The highest BCUT2D eigenvalue weighted by Crippen LogP contribution is 2.42. The molecule has 0 spiro atoms. The average molecular weight is 397 g/mol. The fraction of sp³-hybridized carbons (Fsp3) is 0.200. The Kier molecular flexibility index (Phi) is 4.31. The van der Waals surface area contributed by atoms with Gasteiger partial charge in [0.2, 0.25) is 0 Å². The second-order valence-electron chi connectivity index (χ2n) is 7.74. The van der Waals surface area contributed by atoms with E-state index in [0.29, 0.717) is 0 Å². The Labute approximate surface area is 175 Å². The number of rotatable bonds is 3. The average Bonchev–Trinajstić information content (AvgIpc) is 3.04. The molecule has 2 aliphatic rings. The molecule has 0 aromatic heterocycles. The molecule has 0 bridgehead atoms. The van der Waals surface area contributed by atoms with Gasteiger partial charge in [-0.05, 0) is 41.2 Å². The van der Waals surface area contributed by atoms with Crippen molar-refractivity contribution in [2.75, 3.05) is 13.7 Å². The van der Waals surface area contributed by atoms with Crippen molar-refractivity contribution >= 4 is 11.9 Å². The first-order chi connectivity index (χ1) is 14.6. The van der Waals surface area contributed by atoms with Crippen LogP contribution >= 0.6 is 0 Å². The van der Waals surface area contributed by atoms with Crippen LogP contribution in [0.5, 0.6) is 5.75 Å². The molecule has 3 aromatic carbocycles. The van der Waals surface area contributed by atoms with Gasteiger partial charge in [0, 0.05) is 12.6 Å². The summed E-state index contributed by atoms with van der Waals surface area (Å²) in [4.78, 5) is 19.5. The summed E-state index contributed by atoms with van der Waals surface area (Å²) in [5.74, 6) is 0.997. The Balaban J connectivity index is 1.70. The van der Waals surface area contributed by atoms with Crippen molar-refractivity contribution in [2.45, 2.75) is 18.4 Å². The summed E-state index contributed by atoms with van der Waals surface area (Å²) in [5.41, 5.74) is 9.75. The predicted octanol–water partition coefficient (Wildman–Crippen LogP) is 3.71. The van der Waals surface area contributed by atoms with Crippen LogP contribution in [0.4, 0.5) is 0 Å². The molecule has 0 fully saturated rings. The first-order valence-corrected chi connectivity index (χ1v) is 10.2. The molecule has 0 saturated heterocycles. The summed E-state index contributed by atoms with van der Waals surface area (Å²) >= 11 is 0. The fourth-order valence-corrected chi connectivity index (χ4v) is 4.39. The summed E-state index contributed by atoms with van der Waals surface area (Å²) < 4.78 is 6.02. The summed E-state index contributed by atoms with van der Waals surface area (Å²) in [6, 6.07) is 23.9. The Morgan fingerprint density at radius 2 is 1.77 bits per heavy atom. The van der Waals surface area contributed by atoms with Crippen molar-refractivity contribution < 1.29 is 9.53 Å². The predicted molar refractivity (Wildman–Crippen MR) is 117 cm³/mol. The molecule has 1 atom stereocenters. The number of amides is 1. The number of fused-ring (bicyclic) bond motifs is 1. The maximum atomic E-state index is 13.4. The third-order valence-electron chi connectivity index (χ3n) is 5.96. The van der Waals surface area contributed by atoms with Gasteiger partial charge in [0.1, 0.15) is 5.75 Å². The molecule has 5 nitrogen and oxygen atoms in total. The molecule has 0 radical (unpaired) electrons. The number of aryl methyl sites for hydroxylation is 1. The van der Waals surface area contributed by atoms with Crippen LogP contribution in [0.15, 0.2) is 77.8 Å². The molecule has 0 aliphatic carbocycles. The highest BCUT2D eigenvalue weighted by atomic mass is 16.5. The maximum Gasteiger partial charge on any atom is 0.266 e. The van der Waals surface area contributed by atoms with Crippen LogP contribution in [-0.2, 0) is 16.8 Å². The number of carbonyl (C=O) groups is 1. The minimum Gasteiger partial charge on any atom is -0.493 e. The Hall–Kier alpha value is -3.60. The molecular formula is C25H23N3O2. The number of ether oxygens (including phenoxy) is 1. The molecule has 1 amide bonds. The lowest BCUT2D eigenvalue weighted by Gasteiger charge is -2.27. The van der Waals surface area contributed by atoms with Gasteiger partial charge in [-0.25, -0.2) is 4.99 Å². The highest BCUT2D eigenvalue weighted by Gasteiger charge is 2.49. The third-order valence-corrected chi connectivity index (χ3v) is 5.96. The van der Waals surface area contributed by atoms with Crippen molar-refractivity contribution in [3.8, 4) is 16.9 Å². The molecule has 30 heavy (non-hydrogen) atoms. The Morgan fingerprint density at radius 3 is 2.53 bits per heavy atom. The third kappa shape index (κ3) is 2.70. The number of para-hydroxylation sites is 1. The van der Waals surface area contributed by atoms with E-state index < -0.39 is 5.54 Å². The largest absolute Gasteiger partial charge is 0.493 e. The van der Waals surface area contributed by atoms with Gasteiger partial charge in [-0.2, -0.15) is 0 Å². The molecular weight excluding hydrogens is 374 g/mol. The Bertz CT molecular complexity index is 1160. The highest BCUT2D eigenvalue weighted by molar-refractivity contribution is 6.09. The maximum absolute atomic E-state index is 13.4. The zero-order valence-corrected chi connectivity index (χ0v) is 16.8. The zero-order chi connectivity index (χ0) is 20.7. The normalized spacial score (nSPS) is 20.5. The van der Waals surface area contributed by atoms with E-state index in [-0.39, 0.29) is 11.9 Å². The molecule has 2 aliphatic heterocycles. The van der Waals surface area contributed by atoms with E-state index in [1.54, 1.807) is 7.05 Å². The molecule has 150 valence electrons. The van der Waals surface area contributed by atoms with E-state index in [2.05, 4.69) is 23.2 Å². The number of hydrogen-bond acceptors (Lipinski definition) is 4. The summed E-state index contributed by atoms with van der Waals surface area (Å²) in [7, 11) is 1.66. The van der Waals surface area contributed by atoms with E-state index in [1.165, 1.54) is 10.5 Å². The van der Waals surface area contributed by atoms with Gasteiger partial charge >= 0.3 is 0 Å². The lowest BCUT2D eigenvalue weighted by Crippen LogP contribution is -2.41. The standard InChI is InChI=1S/C25H23N3O2/c1-28-23(29)25(27-24(28)26,19-11-3-2-4-12-19)20-13-5-9-18(16-20)21-14-6-8-17-10-7-15-30-22(17)21/h2-6,8-9,11-14,16H,7,10,15H2,1H3,(H2,26,27). The SMILES string of the molecule is CN1C(=O)C(c2ccccc2)(c2cccc(-c3cccc4c3OCCC4)c2)N=C1N. The quantitative estimate of drug-likeness (QED) is 0.733. The van der Waals surface area contributed by atoms with Gasteiger partial charge in [-0.1, -0.05) is 66.7 Å². The van der Waals surface area contributed by atoms with Crippen LogP contribution in [0.1, 0.15) is 23.1 Å². The minimum atomic E-state index is -1.19. The molecule has 2 N–H and O–H groups in total. The van der Waals surface area contributed by atoms with Gasteiger partial charge in [0.25, 0.3) is 5.91 Å². The van der Waals surface area contributed by atoms with Crippen molar-refractivity contribution in [3.05, 3.63) is 89.5 Å². The zero-order valence-electron chi connectivity index (χ0n) is 16.8. The monoisotopic (exact) mass is 397 g/mol. The van der Waals surface area contributed by atoms with Crippen LogP contribution in [0, 0.1) is 0 Å². The minimum absolute atomic E-state index is 0.158. The number of carbonyl (C=O) groups excluding carboxylic acids is 1. The second kappa shape index (κ2) is 7.02. The molecule has 5 heteroatoms. The fourth-order valence-electron chi connectivity index (χ4n) is 4.39. The van der Waals surface area contributed by atoms with Gasteiger partial charge < -0.3 is 10.5 Å². The first-order valence-electron chi connectivity index (χ1n) is 10.2. The van der Waals surface area contributed by atoms with Crippen LogP contribution in [-0.4, -0.2) is 30.4 Å². The second-order valence-corrected chi connectivity index (χ2v) is 7.74. The van der Waals surface area contributed by atoms with Gasteiger partial charge in [-0.15, -0.1) is 0 Å². The number of hydrogen-bond donors (Lipinski definition) is 1. The number of aliphatic imine (C=N–C) groups is 1. The van der Waals surface area contributed by atoms with Crippen molar-refractivity contribution in [3.63, 3.8) is 0 Å².